The lowest BCUT2D eigenvalue weighted by Crippen LogP contribution is -2.28. The third-order valence-electron chi connectivity index (χ3n) is 4.17. The van der Waals surface area contributed by atoms with Crippen LogP contribution in [0, 0.1) is 0 Å². The van der Waals surface area contributed by atoms with Crippen LogP contribution in [0.3, 0.4) is 0 Å². The number of likely N-dealkylation sites (N-methyl/N-ethyl adjacent to an activating group) is 1. The topological polar surface area (TPSA) is 29.5 Å². The first-order chi connectivity index (χ1) is 12.2. The van der Waals surface area contributed by atoms with E-state index in [0.29, 0.717) is 11.3 Å². The number of alkyl halides is 3. The van der Waals surface area contributed by atoms with Crippen LogP contribution in [0.25, 0.3) is 6.08 Å². The molecule has 0 aliphatic carbocycles. The number of methoxy groups -OCH3 is 1. The van der Waals surface area contributed by atoms with E-state index in [9.17, 15) is 18.0 Å². The highest BCUT2D eigenvalue weighted by Gasteiger charge is 2.29. The maximum absolute atomic E-state index is 12.6. The summed E-state index contributed by atoms with van der Waals surface area (Å²) in [6.45, 7) is 1.88. The van der Waals surface area contributed by atoms with E-state index in [1.807, 2.05) is 31.2 Å². The molecule has 26 heavy (non-hydrogen) atoms. The van der Waals surface area contributed by atoms with Gasteiger partial charge in [0.15, 0.2) is 0 Å². The van der Waals surface area contributed by atoms with Crippen LogP contribution >= 0.6 is 0 Å². The first kappa shape index (κ1) is 19.6. The van der Waals surface area contributed by atoms with Crippen molar-refractivity contribution in [3.8, 4) is 5.75 Å². The highest BCUT2D eigenvalue weighted by atomic mass is 19.4. The number of ether oxygens (including phenoxy) is 1. The van der Waals surface area contributed by atoms with Crippen LogP contribution in [0.15, 0.2) is 54.6 Å². The normalized spacial score (nSPS) is 12.8. The molecular weight excluding hydrogens is 343 g/mol. The predicted molar refractivity (Wildman–Crippen MR) is 94.7 cm³/mol. The molecular formula is C20H20F3NO2. The van der Waals surface area contributed by atoms with Gasteiger partial charge in [0.25, 0.3) is 0 Å². The number of benzene rings is 2. The number of amides is 1. The Bertz CT molecular complexity index is 782. The van der Waals surface area contributed by atoms with Gasteiger partial charge in [-0.05, 0) is 36.8 Å². The molecule has 138 valence electrons. The second kappa shape index (κ2) is 8.08. The number of para-hydroxylation sites is 1. The van der Waals surface area contributed by atoms with Crippen molar-refractivity contribution < 1.29 is 22.7 Å². The van der Waals surface area contributed by atoms with E-state index in [2.05, 4.69) is 0 Å². The van der Waals surface area contributed by atoms with Crippen molar-refractivity contribution in [2.45, 2.75) is 19.1 Å². The van der Waals surface area contributed by atoms with Gasteiger partial charge in [0.05, 0.1) is 18.7 Å². The summed E-state index contributed by atoms with van der Waals surface area (Å²) in [5.41, 5.74) is 0.668. The number of halogens is 3. The van der Waals surface area contributed by atoms with E-state index < -0.39 is 11.7 Å². The molecule has 2 rings (SSSR count). The summed E-state index contributed by atoms with van der Waals surface area (Å²) in [4.78, 5) is 13.9. The molecule has 1 atom stereocenters. The standard InChI is InChI=1S/C20H20F3NO2/c1-14(17-6-4-5-7-18(17)26-3)24(2)19(25)13-10-15-8-11-16(12-9-15)20(21,22)23/h4-14H,1-3H3/b13-10+. The summed E-state index contributed by atoms with van der Waals surface area (Å²) in [6, 6.07) is 11.8. The van der Waals surface area contributed by atoms with Gasteiger partial charge in [-0.15, -0.1) is 0 Å². The Labute approximate surface area is 150 Å². The highest BCUT2D eigenvalue weighted by molar-refractivity contribution is 5.91. The molecule has 0 N–H and O–H groups in total. The van der Waals surface area contributed by atoms with E-state index in [-0.39, 0.29) is 11.9 Å². The van der Waals surface area contributed by atoms with Crippen LogP contribution in [-0.2, 0) is 11.0 Å². The van der Waals surface area contributed by atoms with E-state index in [1.165, 1.54) is 24.3 Å². The van der Waals surface area contributed by atoms with Crippen LogP contribution < -0.4 is 4.74 Å². The lowest BCUT2D eigenvalue weighted by atomic mass is 10.1. The Morgan fingerprint density at radius 1 is 1.12 bits per heavy atom. The highest BCUT2D eigenvalue weighted by Crippen LogP contribution is 2.30. The van der Waals surface area contributed by atoms with Crippen molar-refractivity contribution in [2.75, 3.05) is 14.2 Å². The first-order valence-electron chi connectivity index (χ1n) is 7.99. The van der Waals surface area contributed by atoms with Gasteiger partial charge in [0.2, 0.25) is 5.91 Å². The van der Waals surface area contributed by atoms with Gasteiger partial charge in [-0.1, -0.05) is 30.3 Å². The van der Waals surface area contributed by atoms with E-state index in [0.717, 1.165) is 17.7 Å². The average Bonchev–Trinajstić information content (AvgIpc) is 2.64. The molecule has 6 heteroatoms. The van der Waals surface area contributed by atoms with E-state index in [4.69, 9.17) is 4.74 Å². The lowest BCUT2D eigenvalue weighted by molar-refractivity contribution is -0.137. The SMILES string of the molecule is COc1ccccc1C(C)N(C)C(=O)/C=C/c1ccc(C(F)(F)F)cc1. The second-order valence-corrected chi connectivity index (χ2v) is 5.82. The molecule has 3 nitrogen and oxygen atoms in total. The Kier molecular flexibility index (Phi) is 6.08. The molecule has 0 spiro atoms. The molecule has 1 amide bonds. The predicted octanol–water partition coefficient (Wildman–Crippen LogP) is 4.95. The molecule has 1 unspecified atom stereocenters. The minimum atomic E-state index is -4.37. The number of carbonyl (C=O) groups is 1. The zero-order valence-corrected chi connectivity index (χ0v) is 14.7. The molecule has 0 aliphatic heterocycles. The fourth-order valence-corrected chi connectivity index (χ4v) is 2.48. The minimum Gasteiger partial charge on any atom is -0.496 e. The van der Waals surface area contributed by atoms with Crippen LogP contribution in [0.5, 0.6) is 5.75 Å². The quantitative estimate of drug-likeness (QED) is 0.704. The van der Waals surface area contributed by atoms with E-state index >= 15 is 0 Å². The van der Waals surface area contributed by atoms with Crippen molar-refractivity contribution in [3.63, 3.8) is 0 Å². The number of carbonyl (C=O) groups excluding carboxylic acids is 1. The first-order valence-corrected chi connectivity index (χ1v) is 7.99. The summed E-state index contributed by atoms with van der Waals surface area (Å²) in [5, 5.41) is 0. The van der Waals surface area contributed by atoms with Gasteiger partial charge in [0.1, 0.15) is 5.75 Å². The largest absolute Gasteiger partial charge is 0.496 e. The van der Waals surface area contributed by atoms with Gasteiger partial charge in [-0.25, -0.2) is 0 Å². The molecule has 2 aromatic rings. The molecule has 2 aromatic carbocycles. The van der Waals surface area contributed by atoms with Crippen molar-refractivity contribution in [3.05, 3.63) is 71.3 Å². The molecule has 0 saturated heterocycles. The van der Waals surface area contributed by atoms with Crippen molar-refractivity contribution in [2.24, 2.45) is 0 Å². The van der Waals surface area contributed by atoms with Crippen LogP contribution in [-0.4, -0.2) is 25.0 Å². The van der Waals surface area contributed by atoms with Crippen LogP contribution in [0.1, 0.15) is 29.7 Å². The smallest absolute Gasteiger partial charge is 0.416 e. The third-order valence-corrected chi connectivity index (χ3v) is 4.17. The summed E-state index contributed by atoms with van der Waals surface area (Å²) >= 11 is 0. The number of rotatable bonds is 5. The Balaban J connectivity index is 2.09. The summed E-state index contributed by atoms with van der Waals surface area (Å²) in [6.07, 6.45) is -1.54. The summed E-state index contributed by atoms with van der Waals surface area (Å²) in [5.74, 6) is 0.426. The van der Waals surface area contributed by atoms with Crippen molar-refractivity contribution in [1.82, 2.24) is 4.90 Å². The van der Waals surface area contributed by atoms with Crippen LogP contribution in [0.4, 0.5) is 13.2 Å². The molecule has 0 aliphatic rings. The zero-order chi connectivity index (χ0) is 19.3. The van der Waals surface area contributed by atoms with E-state index in [1.54, 1.807) is 19.1 Å². The summed E-state index contributed by atoms with van der Waals surface area (Å²) in [7, 11) is 3.23. The fraction of sp³-hybridized carbons (Fsp3) is 0.250. The molecule has 0 aromatic heterocycles. The minimum absolute atomic E-state index is 0.226. The second-order valence-electron chi connectivity index (χ2n) is 5.82. The van der Waals surface area contributed by atoms with Crippen LogP contribution in [0.2, 0.25) is 0 Å². The van der Waals surface area contributed by atoms with Crippen molar-refractivity contribution in [1.29, 1.82) is 0 Å². The van der Waals surface area contributed by atoms with Gasteiger partial charge >= 0.3 is 6.18 Å². The van der Waals surface area contributed by atoms with Gasteiger partial charge in [0, 0.05) is 18.7 Å². The number of nitrogens with zero attached hydrogens (tertiary/aromatic N) is 1. The number of hydrogen-bond donors (Lipinski definition) is 0. The zero-order valence-electron chi connectivity index (χ0n) is 14.7. The molecule has 0 saturated carbocycles. The van der Waals surface area contributed by atoms with Gasteiger partial charge in [-0.2, -0.15) is 13.2 Å². The Hall–Kier alpha value is -2.76. The fourth-order valence-electron chi connectivity index (χ4n) is 2.48. The molecule has 0 bridgehead atoms. The summed E-state index contributed by atoms with van der Waals surface area (Å²) < 4.78 is 43.0. The average molecular weight is 363 g/mol. The monoisotopic (exact) mass is 363 g/mol. The van der Waals surface area contributed by atoms with Crippen molar-refractivity contribution >= 4 is 12.0 Å². The lowest BCUT2D eigenvalue weighted by Gasteiger charge is -2.25. The van der Waals surface area contributed by atoms with Gasteiger partial charge in [-0.3, -0.25) is 4.79 Å². The number of hydrogen-bond acceptors (Lipinski definition) is 2. The maximum Gasteiger partial charge on any atom is 0.416 e. The molecule has 0 radical (unpaired) electrons. The Morgan fingerprint density at radius 3 is 2.31 bits per heavy atom. The Morgan fingerprint density at radius 2 is 1.73 bits per heavy atom. The third kappa shape index (κ3) is 4.65. The molecule has 0 heterocycles. The maximum atomic E-state index is 12.6. The van der Waals surface area contributed by atoms with Gasteiger partial charge < -0.3 is 9.64 Å². The molecule has 0 fully saturated rings.